The highest BCUT2D eigenvalue weighted by molar-refractivity contribution is 6.08. The minimum absolute atomic E-state index is 0. The maximum atomic E-state index is 12.3. The van der Waals surface area contributed by atoms with E-state index < -0.39 is 0 Å². The van der Waals surface area contributed by atoms with Gasteiger partial charge in [0.15, 0.2) is 24.7 Å². The highest BCUT2D eigenvalue weighted by atomic mass is 127. The molecule has 0 aliphatic carbocycles. The van der Waals surface area contributed by atoms with E-state index in [9.17, 15) is 4.79 Å². The first-order valence-corrected chi connectivity index (χ1v) is 6.96. The number of aromatic nitrogens is 1. The van der Waals surface area contributed by atoms with Crippen LogP contribution in [-0.4, -0.2) is 5.78 Å². The topological polar surface area (TPSA) is 20.9 Å². The smallest absolute Gasteiger partial charge is 0.193 e. The van der Waals surface area contributed by atoms with Crippen molar-refractivity contribution in [3.05, 3.63) is 102 Å². The number of hydrogen-bond donors (Lipinski definition) is 0. The van der Waals surface area contributed by atoms with Crippen molar-refractivity contribution in [1.82, 2.24) is 0 Å². The van der Waals surface area contributed by atoms with Crippen LogP contribution in [0.25, 0.3) is 0 Å². The molecule has 3 rings (SSSR count). The van der Waals surface area contributed by atoms with Gasteiger partial charge in [-0.15, -0.1) is 0 Å². The maximum absolute atomic E-state index is 12.3. The van der Waals surface area contributed by atoms with Gasteiger partial charge in [-0.3, -0.25) is 4.79 Å². The zero-order valence-corrected chi connectivity index (χ0v) is 14.2. The molecule has 0 atom stereocenters. The summed E-state index contributed by atoms with van der Waals surface area (Å²) < 4.78 is 2.07. The first-order chi connectivity index (χ1) is 10.3. The molecule has 0 unspecified atom stereocenters. The average molecular weight is 401 g/mol. The molecule has 2 aromatic carbocycles. The van der Waals surface area contributed by atoms with Gasteiger partial charge in [0.25, 0.3) is 0 Å². The maximum Gasteiger partial charge on any atom is 0.193 e. The first-order valence-electron chi connectivity index (χ1n) is 6.96. The lowest BCUT2D eigenvalue weighted by atomic mass is 10.0. The summed E-state index contributed by atoms with van der Waals surface area (Å²) >= 11 is 0. The van der Waals surface area contributed by atoms with Crippen molar-refractivity contribution in [2.45, 2.75) is 6.54 Å². The molecule has 1 heterocycles. The van der Waals surface area contributed by atoms with Crippen molar-refractivity contribution < 1.29 is 33.3 Å². The molecule has 3 heteroatoms. The Bertz CT molecular complexity index is 724. The lowest BCUT2D eigenvalue weighted by molar-refractivity contribution is -0.688. The van der Waals surface area contributed by atoms with E-state index in [-0.39, 0.29) is 29.8 Å². The molecule has 0 saturated carbocycles. The second-order valence-corrected chi connectivity index (χ2v) is 4.94. The number of rotatable bonds is 4. The standard InChI is InChI=1S/C19H16NO.HI/c21-19(17-9-5-2-6-10-17)18-11-13-20(14-12-18)15-16-7-3-1-4-8-16;/h1-14H,15H2;1H/q+1;/p-1. The van der Waals surface area contributed by atoms with Crippen molar-refractivity contribution in [1.29, 1.82) is 0 Å². The monoisotopic (exact) mass is 401 g/mol. The SMILES string of the molecule is O=C(c1ccccc1)c1cc[n+](Cc2ccccc2)cc1.[I-]. The van der Waals surface area contributed by atoms with Crippen LogP contribution in [0.4, 0.5) is 0 Å². The van der Waals surface area contributed by atoms with Crippen LogP contribution in [0.2, 0.25) is 0 Å². The van der Waals surface area contributed by atoms with Crippen LogP contribution in [0.3, 0.4) is 0 Å². The number of ketones is 1. The first kappa shape index (κ1) is 16.4. The molecule has 2 nitrogen and oxygen atoms in total. The second kappa shape index (κ2) is 7.84. The van der Waals surface area contributed by atoms with Gasteiger partial charge in [0.1, 0.15) is 0 Å². The number of benzene rings is 2. The Morgan fingerprint density at radius 2 is 1.23 bits per heavy atom. The molecule has 3 aromatic rings. The van der Waals surface area contributed by atoms with Crippen LogP contribution in [0, 0.1) is 0 Å². The quantitative estimate of drug-likeness (QED) is 0.349. The Hall–Kier alpha value is -2.01. The van der Waals surface area contributed by atoms with Gasteiger partial charge in [0.2, 0.25) is 0 Å². The Kier molecular flexibility index (Phi) is 5.83. The number of halogens is 1. The summed E-state index contributed by atoms with van der Waals surface area (Å²) in [5.41, 5.74) is 2.67. The van der Waals surface area contributed by atoms with Gasteiger partial charge in [-0.05, 0) is 0 Å². The lowest BCUT2D eigenvalue weighted by Crippen LogP contribution is -3.00. The van der Waals surface area contributed by atoms with Crippen LogP contribution in [0.15, 0.2) is 85.2 Å². The number of carbonyl (C=O) groups excluding carboxylic acids is 1. The van der Waals surface area contributed by atoms with E-state index in [1.165, 1.54) is 5.56 Å². The fraction of sp³-hybridized carbons (Fsp3) is 0.0526. The van der Waals surface area contributed by atoms with E-state index in [0.29, 0.717) is 5.56 Å². The number of carbonyl (C=O) groups is 1. The molecule has 0 aliphatic rings. The van der Waals surface area contributed by atoms with Crippen molar-refractivity contribution in [3.63, 3.8) is 0 Å². The molecule has 0 aliphatic heterocycles. The summed E-state index contributed by atoms with van der Waals surface area (Å²) in [5.74, 6) is 0.0578. The van der Waals surface area contributed by atoms with E-state index in [1.54, 1.807) is 0 Å². The van der Waals surface area contributed by atoms with Crippen LogP contribution in [0.1, 0.15) is 21.5 Å². The third-order valence-electron chi connectivity index (χ3n) is 3.40. The van der Waals surface area contributed by atoms with E-state index in [1.807, 2.05) is 73.1 Å². The molecule has 0 fully saturated rings. The summed E-state index contributed by atoms with van der Waals surface area (Å²) in [6, 6.07) is 23.4. The highest BCUT2D eigenvalue weighted by Crippen LogP contribution is 2.08. The van der Waals surface area contributed by atoms with E-state index in [2.05, 4.69) is 16.7 Å². The van der Waals surface area contributed by atoms with Gasteiger partial charge >= 0.3 is 0 Å². The second-order valence-electron chi connectivity index (χ2n) is 4.94. The highest BCUT2D eigenvalue weighted by Gasteiger charge is 2.10. The zero-order valence-electron chi connectivity index (χ0n) is 12.0. The third kappa shape index (κ3) is 4.01. The van der Waals surface area contributed by atoms with Gasteiger partial charge in [-0.2, -0.15) is 0 Å². The van der Waals surface area contributed by atoms with Crippen molar-refractivity contribution in [3.8, 4) is 0 Å². The van der Waals surface area contributed by atoms with Crippen LogP contribution in [-0.2, 0) is 6.54 Å². The summed E-state index contributed by atoms with van der Waals surface area (Å²) in [5, 5.41) is 0. The Morgan fingerprint density at radius 1 is 0.727 bits per heavy atom. The van der Waals surface area contributed by atoms with E-state index >= 15 is 0 Å². The number of pyridine rings is 1. The average Bonchev–Trinajstić information content (AvgIpc) is 2.57. The lowest BCUT2D eigenvalue weighted by Gasteiger charge is -2.01. The predicted octanol–water partition coefficient (Wildman–Crippen LogP) is 0.257. The summed E-state index contributed by atoms with van der Waals surface area (Å²) in [6.45, 7) is 0.806. The fourth-order valence-corrected chi connectivity index (χ4v) is 2.26. The molecule has 0 amide bonds. The molecule has 0 saturated heterocycles. The molecule has 110 valence electrons. The minimum atomic E-state index is 0. The Morgan fingerprint density at radius 3 is 1.82 bits per heavy atom. The fourth-order valence-electron chi connectivity index (χ4n) is 2.26. The molecule has 0 spiro atoms. The molecular weight excluding hydrogens is 385 g/mol. The van der Waals surface area contributed by atoms with Crippen molar-refractivity contribution in [2.24, 2.45) is 0 Å². The third-order valence-corrected chi connectivity index (χ3v) is 3.40. The van der Waals surface area contributed by atoms with Gasteiger partial charge in [-0.1, -0.05) is 60.7 Å². The molecular formula is C19H16INO. The van der Waals surface area contributed by atoms with Crippen molar-refractivity contribution >= 4 is 5.78 Å². The van der Waals surface area contributed by atoms with Gasteiger partial charge in [0.05, 0.1) is 0 Å². The van der Waals surface area contributed by atoms with Crippen LogP contribution >= 0.6 is 0 Å². The van der Waals surface area contributed by atoms with E-state index in [0.717, 1.165) is 12.1 Å². The van der Waals surface area contributed by atoms with Gasteiger partial charge < -0.3 is 24.0 Å². The van der Waals surface area contributed by atoms with Gasteiger partial charge in [-0.25, -0.2) is 4.57 Å². The summed E-state index contributed by atoms with van der Waals surface area (Å²) in [6.07, 6.45) is 3.90. The van der Waals surface area contributed by atoms with Crippen LogP contribution in [0.5, 0.6) is 0 Å². The normalized spacial score (nSPS) is 9.82. The molecule has 1 aromatic heterocycles. The number of hydrogen-bond acceptors (Lipinski definition) is 1. The van der Waals surface area contributed by atoms with Gasteiger partial charge in [0, 0.05) is 28.8 Å². The molecule has 22 heavy (non-hydrogen) atoms. The molecule has 0 bridgehead atoms. The van der Waals surface area contributed by atoms with E-state index in [4.69, 9.17) is 0 Å². The molecule has 0 N–H and O–H groups in total. The van der Waals surface area contributed by atoms with Crippen LogP contribution < -0.4 is 28.5 Å². The predicted molar refractivity (Wildman–Crippen MR) is 82.1 cm³/mol. The zero-order chi connectivity index (χ0) is 14.5. The Labute approximate surface area is 147 Å². The summed E-state index contributed by atoms with van der Waals surface area (Å²) in [7, 11) is 0. The Balaban J connectivity index is 0.00000176. The van der Waals surface area contributed by atoms with Crippen molar-refractivity contribution in [2.75, 3.05) is 0 Å². The summed E-state index contributed by atoms with van der Waals surface area (Å²) in [4.78, 5) is 12.3. The number of nitrogens with zero attached hydrogens (tertiary/aromatic N) is 1. The minimum Gasteiger partial charge on any atom is -1.00 e. The molecule has 0 radical (unpaired) electrons. The largest absolute Gasteiger partial charge is 1.00 e.